The van der Waals surface area contributed by atoms with Gasteiger partial charge < -0.3 is 10.4 Å². The summed E-state index contributed by atoms with van der Waals surface area (Å²) < 4.78 is 0. The first-order valence-electron chi connectivity index (χ1n) is 11.9. The van der Waals surface area contributed by atoms with Gasteiger partial charge in [-0.1, -0.05) is 103 Å². The van der Waals surface area contributed by atoms with Gasteiger partial charge >= 0.3 is 0 Å². The second kappa shape index (κ2) is 11.5. The van der Waals surface area contributed by atoms with Crippen molar-refractivity contribution in [1.29, 1.82) is 0 Å². The Morgan fingerprint density at radius 2 is 1.06 bits per heavy atom. The van der Waals surface area contributed by atoms with Crippen molar-refractivity contribution in [2.45, 2.75) is 31.6 Å². The largest absolute Gasteiger partial charge is 0.508 e. The van der Waals surface area contributed by atoms with Crippen molar-refractivity contribution in [2.75, 3.05) is 13.1 Å². The molecule has 33 heavy (non-hydrogen) atoms. The van der Waals surface area contributed by atoms with E-state index >= 15 is 0 Å². The number of aryl methyl sites for hydroxylation is 1. The van der Waals surface area contributed by atoms with E-state index in [9.17, 15) is 5.11 Å². The van der Waals surface area contributed by atoms with E-state index in [1.54, 1.807) is 0 Å². The summed E-state index contributed by atoms with van der Waals surface area (Å²) in [6, 6.07) is 38.1. The quantitative estimate of drug-likeness (QED) is 0.262. The predicted molar refractivity (Wildman–Crippen MR) is 138 cm³/mol. The molecule has 0 bridgehead atoms. The van der Waals surface area contributed by atoms with Crippen LogP contribution in [0.3, 0.4) is 0 Å². The SMILES string of the molecule is Cc1ccc(C(CCNCCC(c2ccccc2)c2ccccc2)c2ccccc2)c(O)c1. The van der Waals surface area contributed by atoms with Crippen molar-refractivity contribution in [3.8, 4) is 5.75 Å². The van der Waals surface area contributed by atoms with Crippen LogP contribution in [0.15, 0.2) is 109 Å². The third kappa shape index (κ3) is 6.12. The number of hydrogen-bond acceptors (Lipinski definition) is 2. The molecule has 2 nitrogen and oxygen atoms in total. The Morgan fingerprint density at radius 3 is 1.55 bits per heavy atom. The molecule has 0 aliphatic heterocycles. The third-order valence-corrected chi connectivity index (χ3v) is 6.39. The van der Waals surface area contributed by atoms with Gasteiger partial charge in [-0.3, -0.25) is 0 Å². The van der Waals surface area contributed by atoms with E-state index in [1.165, 1.54) is 16.7 Å². The Kier molecular flexibility index (Phi) is 7.94. The van der Waals surface area contributed by atoms with E-state index in [0.717, 1.165) is 37.1 Å². The molecule has 0 amide bonds. The van der Waals surface area contributed by atoms with E-state index in [4.69, 9.17) is 0 Å². The highest BCUT2D eigenvalue weighted by molar-refractivity contribution is 5.43. The maximum absolute atomic E-state index is 10.6. The van der Waals surface area contributed by atoms with Gasteiger partial charge in [0, 0.05) is 17.4 Å². The van der Waals surface area contributed by atoms with Crippen LogP contribution < -0.4 is 5.32 Å². The fourth-order valence-electron chi connectivity index (χ4n) is 4.65. The zero-order valence-corrected chi connectivity index (χ0v) is 19.3. The number of phenolic OH excluding ortho intramolecular Hbond substituents is 1. The Balaban J connectivity index is 1.41. The number of rotatable bonds is 10. The fraction of sp³-hybridized carbons (Fsp3) is 0.226. The number of phenols is 1. The standard InChI is InChI=1S/C31H33NO/c1-24-17-18-30(31(33)23-24)29(27-15-9-4-10-16-27)20-22-32-21-19-28(25-11-5-2-6-12-25)26-13-7-3-8-14-26/h2-18,23,28-29,32-33H,19-22H2,1H3. The molecule has 4 rings (SSSR count). The van der Waals surface area contributed by atoms with Crippen LogP contribution in [0.2, 0.25) is 0 Å². The molecule has 168 valence electrons. The molecule has 4 aromatic rings. The zero-order valence-electron chi connectivity index (χ0n) is 19.3. The predicted octanol–water partition coefficient (Wildman–Crippen LogP) is 7.03. The Bertz CT molecular complexity index is 1070. The lowest BCUT2D eigenvalue weighted by molar-refractivity contribution is 0.460. The molecule has 0 saturated heterocycles. The average molecular weight is 436 g/mol. The summed E-state index contributed by atoms with van der Waals surface area (Å²) in [4.78, 5) is 0. The highest BCUT2D eigenvalue weighted by Crippen LogP contribution is 2.34. The van der Waals surface area contributed by atoms with Gasteiger partial charge in [-0.05, 0) is 61.2 Å². The number of nitrogens with one attached hydrogen (secondary N) is 1. The fourth-order valence-corrected chi connectivity index (χ4v) is 4.65. The minimum Gasteiger partial charge on any atom is -0.508 e. The second-order valence-electron chi connectivity index (χ2n) is 8.73. The number of benzene rings is 4. The molecule has 0 aromatic heterocycles. The first kappa shape index (κ1) is 22.8. The van der Waals surface area contributed by atoms with Crippen LogP contribution in [0, 0.1) is 6.92 Å². The first-order valence-corrected chi connectivity index (χ1v) is 11.9. The molecule has 0 spiro atoms. The van der Waals surface area contributed by atoms with E-state index in [2.05, 4.69) is 102 Å². The summed E-state index contributed by atoms with van der Waals surface area (Å²) in [6.07, 6.45) is 1.97. The second-order valence-corrected chi connectivity index (χ2v) is 8.73. The smallest absolute Gasteiger partial charge is 0.119 e. The number of aromatic hydroxyl groups is 1. The lowest BCUT2D eigenvalue weighted by Crippen LogP contribution is -2.21. The van der Waals surface area contributed by atoms with Gasteiger partial charge in [-0.25, -0.2) is 0 Å². The zero-order chi connectivity index (χ0) is 22.9. The molecule has 0 fully saturated rings. The van der Waals surface area contributed by atoms with Crippen molar-refractivity contribution in [2.24, 2.45) is 0 Å². The van der Waals surface area contributed by atoms with Gasteiger partial charge in [0.25, 0.3) is 0 Å². The molecule has 2 N–H and O–H groups in total. The van der Waals surface area contributed by atoms with Gasteiger partial charge in [0.15, 0.2) is 0 Å². The lowest BCUT2D eigenvalue weighted by atomic mass is 9.87. The minimum absolute atomic E-state index is 0.165. The minimum atomic E-state index is 0.165. The van der Waals surface area contributed by atoms with Crippen molar-refractivity contribution in [3.63, 3.8) is 0 Å². The van der Waals surface area contributed by atoms with E-state index < -0.39 is 0 Å². The monoisotopic (exact) mass is 435 g/mol. The highest BCUT2D eigenvalue weighted by atomic mass is 16.3. The molecule has 1 unspecified atom stereocenters. The van der Waals surface area contributed by atoms with Gasteiger partial charge in [-0.2, -0.15) is 0 Å². The Morgan fingerprint density at radius 1 is 0.606 bits per heavy atom. The first-order chi connectivity index (χ1) is 16.2. The van der Waals surface area contributed by atoms with Gasteiger partial charge in [0.1, 0.15) is 5.75 Å². The van der Waals surface area contributed by atoms with Crippen LogP contribution in [0.5, 0.6) is 5.75 Å². The summed E-state index contributed by atoms with van der Waals surface area (Å²) in [5.41, 5.74) is 6.04. The molecule has 0 heterocycles. The third-order valence-electron chi connectivity index (χ3n) is 6.39. The maximum Gasteiger partial charge on any atom is 0.119 e. The average Bonchev–Trinajstić information content (AvgIpc) is 2.86. The van der Waals surface area contributed by atoms with Crippen LogP contribution in [0.4, 0.5) is 0 Å². The molecular formula is C31H33NO. The summed E-state index contributed by atoms with van der Waals surface area (Å²) in [5, 5.41) is 14.3. The van der Waals surface area contributed by atoms with Gasteiger partial charge in [-0.15, -0.1) is 0 Å². The normalized spacial score (nSPS) is 12.1. The van der Waals surface area contributed by atoms with Crippen LogP contribution >= 0.6 is 0 Å². The highest BCUT2D eigenvalue weighted by Gasteiger charge is 2.18. The van der Waals surface area contributed by atoms with Crippen LogP contribution in [0.1, 0.15) is 52.5 Å². The van der Waals surface area contributed by atoms with E-state index in [-0.39, 0.29) is 5.92 Å². The van der Waals surface area contributed by atoms with Gasteiger partial charge in [0.05, 0.1) is 0 Å². The van der Waals surface area contributed by atoms with Crippen molar-refractivity contribution in [1.82, 2.24) is 5.32 Å². The van der Waals surface area contributed by atoms with Gasteiger partial charge in [0.2, 0.25) is 0 Å². The molecule has 4 aromatic carbocycles. The van der Waals surface area contributed by atoms with E-state index in [1.807, 2.05) is 19.1 Å². The Labute approximate surface area is 198 Å². The molecular weight excluding hydrogens is 402 g/mol. The topological polar surface area (TPSA) is 32.3 Å². The molecule has 0 radical (unpaired) electrons. The summed E-state index contributed by atoms with van der Waals surface area (Å²) >= 11 is 0. The molecule has 0 saturated carbocycles. The molecule has 0 aliphatic rings. The van der Waals surface area contributed by atoms with Crippen molar-refractivity contribution < 1.29 is 5.11 Å². The van der Waals surface area contributed by atoms with Crippen molar-refractivity contribution in [3.05, 3.63) is 137 Å². The number of hydrogen-bond donors (Lipinski definition) is 2. The lowest BCUT2D eigenvalue weighted by Gasteiger charge is -2.21. The maximum atomic E-state index is 10.6. The summed E-state index contributed by atoms with van der Waals surface area (Å²) in [5.74, 6) is 0.932. The van der Waals surface area contributed by atoms with Crippen LogP contribution in [-0.2, 0) is 0 Å². The Hall–Kier alpha value is -3.36. The van der Waals surface area contributed by atoms with Crippen molar-refractivity contribution >= 4 is 0 Å². The van der Waals surface area contributed by atoms with E-state index in [0.29, 0.717) is 11.7 Å². The summed E-state index contributed by atoms with van der Waals surface area (Å²) in [7, 11) is 0. The summed E-state index contributed by atoms with van der Waals surface area (Å²) in [6.45, 7) is 3.84. The van der Waals surface area contributed by atoms with Crippen LogP contribution in [-0.4, -0.2) is 18.2 Å². The van der Waals surface area contributed by atoms with Crippen LogP contribution in [0.25, 0.3) is 0 Å². The molecule has 2 heteroatoms. The molecule has 0 aliphatic carbocycles. The molecule has 1 atom stereocenters.